The van der Waals surface area contributed by atoms with Gasteiger partial charge in [0.1, 0.15) is 0 Å². The van der Waals surface area contributed by atoms with Gasteiger partial charge in [-0.3, -0.25) is 5.10 Å². The number of rotatable bonds is 1. The van der Waals surface area contributed by atoms with Gasteiger partial charge in [0.25, 0.3) is 0 Å². The lowest BCUT2D eigenvalue weighted by atomic mass is 10.1. The van der Waals surface area contributed by atoms with Gasteiger partial charge in [-0.15, -0.1) is 0 Å². The molecule has 0 amide bonds. The largest absolute Gasteiger partial charge is 0.281 e. The lowest BCUT2D eigenvalue weighted by molar-refractivity contribution is 0.978. The van der Waals surface area contributed by atoms with Crippen molar-refractivity contribution >= 4 is 10.9 Å². The quantitative estimate of drug-likeness (QED) is 0.704. The summed E-state index contributed by atoms with van der Waals surface area (Å²) in [5.74, 6) is 0.757. The second kappa shape index (κ2) is 2.34. The van der Waals surface area contributed by atoms with E-state index in [0.717, 1.165) is 11.4 Å². The van der Waals surface area contributed by atoms with Crippen molar-refractivity contribution in [2.75, 3.05) is 0 Å². The molecule has 13 heavy (non-hydrogen) atoms. The summed E-state index contributed by atoms with van der Waals surface area (Å²) >= 11 is 0. The number of nitrogens with one attached hydrogen (secondary N) is 1. The Bertz CT molecular complexity index is 452. The number of hydrogen-bond acceptors (Lipinski definition) is 1. The van der Waals surface area contributed by atoms with Crippen LogP contribution in [0.3, 0.4) is 0 Å². The highest BCUT2D eigenvalue weighted by Gasteiger charge is 2.26. The molecular weight excluding hydrogens is 160 g/mol. The van der Waals surface area contributed by atoms with E-state index >= 15 is 0 Å². The number of H-pyrrole nitrogens is 1. The van der Waals surface area contributed by atoms with E-state index in [9.17, 15) is 0 Å². The van der Waals surface area contributed by atoms with Gasteiger partial charge in [0.15, 0.2) is 0 Å². The zero-order chi connectivity index (χ0) is 8.84. The summed E-state index contributed by atoms with van der Waals surface area (Å²) in [6.45, 7) is 2.10. The summed E-state index contributed by atoms with van der Waals surface area (Å²) in [7, 11) is 0. The molecule has 0 bridgehead atoms. The van der Waals surface area contributed by atoms with Crippen LogP contribution in [0.2, 0.25) is 0 Å². The monoisotopic (exact) mass is 172 g/mol. The van der Waals surface area contributed by atoms with Crippen molar-refractivity contribution in [2.45, 2.75) is 25.7 Å². The van der Waals surface area contributed by atoms with E-state index in [1.54, 1.807) is 0 Å². The van der Waals surface area contributed by atoms with Crippen LogP contribution in [0.4, 0.5) is 0 Å². The van der Waals surface area contributed by atoms with Crippen LogP contribution in [0, 0.1) is 6.92 Å². The summed E-state index contributed by atoms with van der Waals surface area (Å²) in [5.41, 5.74) is 3.73. The van der Waals surface area contributed by atoms with Crippen LogP contribution in [0.25, 0.3) is 10.9 Å². The van der Waals surface area contributed by atoms with E-state index in [4.69, 9.17) is 0 Å². The molecule has 1 fully saturated rings. The first-order valence-electron chi connectivity index (χ1n) is 4.79. The molecule has 2 heteroatoms. The third kappa shape index (κ3) is 1.05. The molecule has 1 aromatic carbocycles. The van der Waals surface area contributed by atoms with Gasteiger partial charge in [0, 0.05) is 17.0 Å². The summed E-state index contributed by atoms with van der Waals surface area (Å²) in [4.78, 5) is 0. The van der Waals surface area contributed by atoms with E-state index in [0.29, 0.717) is 0 Å². The third-order valence-corrected chi connectivity index (χ3v) is 2.73. The summed E-state index contributed by atoms with van der Waals surface area (Å²) in [6.07, 6.45) is 2.65. The molecule has 1 saturated carbocycles. The molecular formula is C11H12N2. The minimum Gasteiger partial charge on any atom is -0.281 e. The van der Waals surface area contributed by atoms with Gasteiger partial charge in [-0.2, -0.15) is 5.10 Å². The molecule has 0 unspecified atom stereocenters. The van der Waals surface area contributed by atoms with Gasteiger partial charge in [-0.05, 0) is 31.4 Å². The molecule has 0 aliphatic heterocycles. The number of aromatic nitrogens is 2. The molecule has 1 aliphatic rings. The molecule has 1 heterocycles. The van der Waals surface area contributed by atoms with E-state index in [1.807, 2.05) is 0 Å². The number of aromatic amines is 1. The Labute approximate surface area is 77.0 Å². The summed E-state index contributed by atoms with van der Waals surface area (Å²) in [6, 6.07) is 6.48. The first-order valence-corrected chi connectivity index (χ1v) is 4.79. The second-order valence-corrected chi connectivity index (χ2v) is 3.93. The van der Waals surface area contributed by atoms with E-state index in [2.05, 4.69) is 35.3 Å². The fourth-order valence-electron chi connectivity index (χ4n) is 1.83. The minimum atomic E-state index is 0.757. The van der Waals surface area contributed by atoms with E-state index < -0.39 is 0 Å². The van der Waals surface area contributed by atoms with Gasteiger partial charge < -0.3 is 0 Å². The van der Waals surface area contributed by atoms with Crippen LogP contribution in [-0.2, 0) is 0 Å². The zero-order valence-electron chi connectivity index (χ0n) is 7.67. The maximum Gasteiger partial charge on any atom is 0.0926 e. The molecule has 1 aromatic heterocycles. The molecule has 1 N–H and O–H groups in total. The predicted octanol–water partition coefficient (Wildman–Crippen LogP) is 2.75. The van der Waals surface area contributed by atoms with Crippen molar-refractivity contribution in [1.82, 2.24) is 10.2 Å². The van der Waals surface area contributed by atoms with Crippen LogP contribution in [-0.4, -0.2) is 10.2 Å². The first-order chi connectivity index (χ1) is 6.34. The van der Waals surface area contributed by atoms with Gasteiger partial charge >= 0.3 is 0 Å². The Morgan fingerprint density at radius 3 is 3.00 bits per heavy atom. The molecule has 0 spiro atoms. The number of nitrogens with zero attached hydrogens (tertiary/aromatic N) is 1. The Morgan fingerprint density at radius 1 is 1.38 bits per heavy atom. The van der Waals surface area contributed by atoms with Crippen LogP contribution < -0.4 is 0 Å². The SMILES string of the molecule is Cc1ccc2c(C3CC3)[nH]nc2c1. The molecule has 2 nitrogen and oxygen atoms in total. The van der Waals surface area contributed by atoms with Crippen molar-refractivity contribution in [2.24, 2.45) is 0 Å². The van der Waals surface area contributed by atoms with Gasteiger partial charge in [0.2, 0.25) is 0 Å². The van der Waals surface area contributed by atoms with E-state index in [1.165, 1.54) is 29.5 Å². The van der Waals surface area contributed by atoms with Crippen LogP contribution in [0.5, 0.6) is 0 Å². The van der Waals surface area contributed by atoms with Crippen molar-refractivity contribution in [3.63, 3.8) is 0 Å². The van der Waals surface area contributed by atoms with Gasteiger partial charge in [0.05, 0.1) is 5.52 Å². The molecule has 0 radical (unpaired) electrons. The maximum absolute atomic E-state index is 4.32. The van der Waals surface area contributed by atoms with Crippen molar-refractivity contribution in [1.29, 1.82) is 0 Å². The summed E-state index contributed by atoms with van der Waals surface area (Å²) in [5, 5.41) is 8.78. The molecule has 2 aromatic rings. The average molecular weight is 172 g/mol. The Morgan fingerprint density at radius 2 is 2.23 bits per heavy atom. The Kier molecular flexibility index (Phi) is 1.29. The lowest BCUT2D eigenvalue weighted by Crippen LogP contribution is -1.78. The first kappa shape index (κ1) is 7.13. The molecule has 0 saturated heterocycles. The van der Waals surface area contributed by atoms with Crippen LogP contribution in [0.15, 0.2) is 18.2 Å². The van der Waals surface area contributed by atoms with Crippen molar-refractivity contribution in [3.05, 3.63) is 29.5 Å². The predicted molar refractivity (Wildman–Crippen MR) is 52.8 cm³/mol. The fourth-order valence-corrected chi connectivity index (χ4v) is 1.83. The maximum atomic E-state index is 4.32. The van der Waals surface area contributed by atoms with Crippen LogP contribution in [0.1, 0.15) is 30.0 Å². The molecule has 1 aliphatic carbocycles. The van der Waals surface area contributed by atoms with Gasteiger partial charge in [-0.25, -0.2) is 0 Å². The van der Waals surface area contributed by atoms with Crippen molar-refractivity contribution < 1.29 is 0 Å². The summed E-state index contributed by atoms with van der Waals surface area (Å²) < 4.78 is 0. The zero-order valence-corrected chi connectivity index (χ0v) is 7.67. The fraction of sp³-hybridized carbons (Fsp3) is 0.364. The lowest BCUT2D eigenvalue weighted by Gasteiger charge is -1.94. The molecule has 3 rings (SSSR count). The Balaban J connectivity index is 2.26. The normalized spacial score (nSPS) is 16.7. The Hall–Kier alpha value is -1.31. The standard InChI is InChI=1S/C11H12N2/c1-7-2-5-9-10(6-7)12-13-11(9)8-3-4-8/h2,5-6,8H,3-4H2,1H3,(H,12,13). The average Bonchev–Trinajstić information content (AvgIpc) is 2.87. The number of benzene rings is 1. The molecule has 0 atom stereocenters. The van der Waals surface area contributed by atoms with Crippen molar-refractivity contribution in [3.8, 4) is 0 Å². The molecule has 66 valence electrons. The third-order valence-electron chi connectivity index (χ3n) is 2.73. The topological polar surface area (TPSA) is 28.7 Å². The highest BCUT2D eigenvalue weighted by Crippen LogP contribution is 2.41. The van der Waals surface area contributed by atoms with Crippen LogP contribution >= 0.6 is 0 Å². The highest BCUT2D eigenvalue weighted by atomic mass is 15.1. The smallest absolute Gasteiger partial charge is 0.0926 e. The van der Waals surface area contributed by atoms with Gasteiger partial charge in [-0.1, -0.05) is 12.1 Å². The number of hydrogen-bond donors (Lipinski definition) is 1. The second-order valence-electron chi connectivity index (χ2n) is 3.93. The van der Waals surface area contributed by atoms with E-state index in [-0.39, 0.29) is 0 Å². The minimum absolute atomic E-state index is 0.757. The highest BCUT2D eigenvalue weighted by molar-refractivity contribution is 5.82. The number of fused-ring (bicyclic) bond motifs is 1. The number of aryl methyl sites for hydroxylation is 1.